The van der Waals surface area contributed by atoms with E-state index >= 15 is 0 Å². The molecule has 0 unspecified atom stereocenters. The molecule has 0 aliphatic heterocycles. The number of rotatable bonds is 6. The van der Waals surface area contributed by atoms with Gasteiger partial charge in [0.05, 0.1) is 6.42 Å². The Kier molecular flexibility index (Phi) is 5.46. The zero-order chi connectivity index (χ0) is 16.8. The zero-order valence-electron chi connectivity index (χ0n) is 12.9. The van der Waals surface area contributed by atoms with Crippen LogP contribution in [0.3, 0.4) is 0 Å². The van der Waals surface area contributed by atoms with E-state index in [1.807, 2.05) is 31.2 Å². The van der Waals surface area contributed by atoms with E-state index in [0.717, 1.165) is 11.1 Å². The summed E-state index contributed by atoms with van der Waals surface area (Å²) in [5.41, 5.74) is 8.05. The van der Waals surface area contributed by atoms with Crippen LogP contribution in [0, 0.1) is 12.7 Å². The second kappa shape index (κ2) is 7.54. The van der Waals surface area contributed by atoms with Crippen LogP contribution < -0.4 is 11.1 Å². The molecular weight excluding hydrogens is 295 g/mol. The summed E-state index contributed by atoms with van der Waals surface area (Å²) in [5.74, 6) is -1.27. The standard InChI is InChI=1S/C18H19FN2O2/c1-12-3-2-4-14(9-12)10-16(18(20)23)21-17(22)11-13-5-7-15(19)8-6-13/h2-9,16H,10-11H2,1H3,(H2,20,23)(H,21,22)/t16-/m1/s1. The van der Waals surface area contributed by atoms with Crippen LogP contribution in [0.4, 0.5) is 4.39 Å². The van der Waals surface area contributed by atoms with Gasteiger partial charge in [-0.05, 0) is 30.2 Å². The third-order valence-corrected chi connectivity index (χ3v) is 3.48. The van der Waals surface area contributed by atoms with E-state index in [-0.39, 0.29) is 18.1 Å². The van der Waals surface area contributed by atoms with Crippen molar-refractivity contribution in [1.82, 2.24) is 5.32 Å². The lowest BCUT2D eigenvalue weighted by Crippen LogP contribution is -2.46. The van der Waals surface area contributed by atoms with Crippen LogP contribution in [0.1, 0.15) is 16.7 Å². The minimum atomic E-state index is -0.773. The van der Waals surface area contributed by atoms with Gasteiger partial charge in [-0.3, -0.25) is 9.59 Å². The van der Waals surface area contributed by atoms with Crippen LogP contribution >= 0.6 is 0 Å². The normalized spacial score (nSPS) is 11.7. The van der Waals surface area contributed by atoms with E-state index in [0.29, 0.717) is 12.0 Å². The van der Waals surface area contributed by atoms with Crippen LogP contribution in [0.2, 0.25) is 0 Å². The third kappa shape index (κ3) is 5.21. The summed E-state index contributed by atoms with van der Waals surface area (Å²) in [4.78, 5) is 23.6. The van der Waals surface area contributed by atoms with Crippen molar-refractivity contribution in [2.24, 2.45) is 5.73 Å². The number of primary amides is 1. The van der Waals surface area contributed by atoms with Crippen LogP contribution in [0.25, 0.3) is 0 Å². The van der Waals surface area contributed by atoms with Crippen molar-refractivity contribution in [3.05, 3.63) is 71.0 Å². The fraction of sp³-hybridized carbons (Fsp3) is 0.222. The molecular formula is C18H19FN2O2. The minimum Gasteiger partial charge on any atom is -0.368 e. The Morgan fingerprint density at radius 1 is 1.13 bits per heavy atom. The third-order valence-electron chi connectivity index (χ3n) is 3.48. The van der Waals surface area contributed by atoms with E-state index < -0.39 is 11.9 Å². The van der Waals surface area contributed by atoms with E-state index in [1.165, 1.54) is 24.3 Å². The zero-order valence-corrected chi connectivity index (χ0v) is 12.9. The minimum absolute atomic E-state index is 0.0673. The van der Waals surface area contributed by atoms with Gasteiger partial charge in [0.15, 0.2) is 0 Å². The van der Waals surface area contributed by atoms with Crippen molar-refractivity contribution in [2.45, 2.75) is 25.8 Å². The molecule has 0 aliphatic rings. The van der Waals surface area contributed by atoms with Crippen LogP contribution in [-0.4, -0.2) is 17.9 Å². The van der Waals surface area contributed by atoms with E-state index in [4.69, 9.17) is 5.73 Å². The Labute approximate surface area is 134 Å². The SMILES string of the molecule is Cc1cccc(C[C@@H](NC(=O)Cc2ccc(F)cc2)C(N)=O)c1. The molecule has 0 spiro atoms. The molecule has 0 saturated carbocycles. The molecule has 2 rings (SSSR count). The summed E-state index contributed by atoms with van der Waals surface area (Å²) in [6, 6.07) is 12.6. The molecule has 2 aromatic carbocycles. The molecule has 4 nitrogen and oxygen atoms in total. The number of hydrogen-bond donors (Lipinski definition) is 2. The number of nitrogens with one attached hydrogen (secondary N) is 1. The number of nitrogens with two attached hydrogens (primary N) is 1. The second-order valence-electron chi connectivity index (χ2n) is 5.52. The topological polar surface area (TPSA) is 72.2 Å². The molecule has 0 bridgehead atoms. The smallest absolute Gasteiger partial charge is 0.240 e. The molecule has 0 aliphatic carbocycles. The quantitative estimate of drug-likeness (QED) is 0.854. The highest BCUT2D eigenvalue weighted by atomic mass is 19.1. The average molecular weight is 314 g/mol. The molecule has 120 valence electrons. The predicted octanol–water partition coefficient (Wildman–Crippen LogP) is 1.89. The first-order valence-electron chi connectivity index (χ1n) is 7.32. The highest BCUT2D eigenvalue weighted by Crippen LogP contribution is 2.08. The lowest BCUT2D eigenvalue weighted by atomic mass is 10.0. The Hall–Kier alpha value is -2.69. The van der Waals surface area contributed by atoms with Gasteiger partial charge in [0, 0.05) is 6.42 Å². The van der Waals surface area contributed by atoms with Crippen molar-refractivity contribution >= 4 is 11.8 Å². The summed E-state index contributed by atoms with van der Waals surface area (Å²) in [6.07, 6.45) is 0.407. The molecule has 0 heterocycles. The van der Waals surface area contributed by atoms with Gasteiger partial charge >= 0.3 is 0 Å². The number of hydrogen-bond acceptors (Lipinski definition) is 2. The molecule has 0 radical (unpaired) electrons. The average Bonchev–Trinajstić information content (AvgIpc) is 2.49. The summed E-state index contributed by atoms with van der Waals surface area (Å²) in [6.45, 7) is 1.95. The monoisotopic (exact) mass is 314 g/mol. The van der Waals surface area contributed by atoms with Crippen molar-refractivity contribution in [3.63, 3.8) is 0 Å². The number of amides is 2. The fourth-order valence-electron chi connectivity index (χ4n) is 2.33. The van der Waals surface area contributed by atoms with Gasteiger partial charge in [-0.1, -0.05) is 42.0 Å². The molecule has 3 N–H and O–H groups in total. The first-order chi connectivity index (χ1) is 10.9. The fourth-order valence-corrected chi connectivity index (χ4v) is 2.33. The van der Waals surface area contributed by atoms with E-state index in [2.05, 4.69) is 5.32 Å². The summed E-state index contributed by atoms with van der Waals surface area (Å²) >= 11 is 0. The first-order valence-corrected chi connectivity index (χ1v) is 7.32. The molecule has 0 aromatic heterocycles. The number of benzene rings is 2. The van der Waals surface area contributed by atoms with Gasteiger partial charge in [-0.15, -0.1) is 0 Å². The molecule has 23 heavy (non-hydrogen) atoms. The summed E-state index contributed by atoms with van der Waals surface area (Å²) < 4.78 is 12.9. The van der Waals surface area contributed by atoms with Crippen LogP contribution in [0.5, 0.6) is 0 Å². The Morgan fingerprint density at radius 3 is 2.43 bits per heavy atom. The van der Waals surface area contributed by atoms with Crippen LogP contribution in [0.15, 0.2) is 48.5 Å². The molecule has 5 heteroatoms. The summed E-state index contributed by atoms with van der Waals surface area (Å²) in [7, 11) is 0. The van der Waals surface area contributed by atoms with E-state index in [9.17, 15) is 14.0 Å². The van der Waals surface area contributed by atoms with Gasteiger partial charge in [-0.2, -0.15) is 0 Å². The number of aryl methyl sites for hydroxylation is 1. The van der Waals surface area contributed by atoms with Gasteiger partial charge in [0.1, 0.15) is 11.9 Å². The first kappa shape index (κ1) is 16.7. The lowest BCUT2D eigenvalue weighted by molar-refractivity contribution is -0.127. The van der Waals surface area contributed by atoms with Crippen molar-refractivity contribution in [2.75, 3.05) is 0 Å². The van der Waals surface area contributed by atoms with Crippen molar-refractivity contribution < 1.29 is 14.0 Å². The number of carbonyl (C=O) groups excluding carboxylic acids is 2. The molecule has 2 aromatic rings. The Morgan fingerprint density at radius 2 is 1.83 bits per heavy atom. The maximum Gasteiger partial charge on any atom is 0.240 e. The lowest BCUT2D eigenvalue weighted by Gasteiger charge is -2.16. The predicted molar refractivity (Wildman–Crippen MR) is 86.1 cm³/mol. The highest BCUT2D eigenvalue weighted by molar-refractivity contribution is 5.87. The van der Waals surface area contributed by atoms with Gasteiger partial charge < -0.3 is 11.1 Å². The molecule has 2 amide bonds. The molecule has 1 atom stereocenters. The Balaban J connectivity index is 1.99. The van der Waals surface area contributed by atoms with Gasteiger partial charge in [-0.25, -0.2) is 4.39 Å². The highest BCUT2D eigenvalue weighted by Gasteiger charge is 2.18. The van der Waals surface area contributed by atoms with Crippen LogP contribution in [-0.2, 0) is 22.4 Å². The number of halogens is 1. The van der Waals surface area contributed by atoms with Gasteiger partial charge in [0.2, 0.25) is 11.8 Å². The maximum absolute atomic E-state index is 12.9. The molecule has 0 fully saturated rings. The summed E-state index contributed by atoms with van der Waals surface area (Å²) in [5, 5.41) is 2.64. The molecule has 0 saturated heterocycles. The second-order valence-corrected chi connectivity index (χ2v) is 5.52. The van der Waals surface area contributed by atoms with Crippen molar-refractivity contribution in [3.8, 4) is 0 Å². The maximum atomic E-state index is 12.9. The van der Waals surface area contributed by atoms with E-state index in [1.54, 1.807) is 0 Å². The Bertz CT molecular complexity index is 698. The number of carbonyl (C=O) groups is 2. The largest absolute Gasteiger partial charge is 0.368 e. The van der Waals surface area contributed by atoms with Gasteiger partial charge in [0.25, 0.3) is 0 Å². The van der Waals surface area contributed by atoms with Crippen molar-refractivity contribution in [1.29, 1.82) is 0 Å².